The van der Waals surface area contributed by atoms with Crippen molar-refractivity contribution in [1.82, 2.24) is 24.3 Å². The second-order valence-electron chi connectivity index (χ2n) is 7.72. The molecule has 1 unspecified atom stereocenters. The summed E-state index contributed by atoms with van der Waals surface area (Å²) in [6, 6.07) is 21.1. The molecule has 0 amide bonds. The van der Waals surface area contributed by atoms with Gasteiger partial charge in [-0.2, -0.15) is 10.1 Å². The van der Waals surface area contributed by atoms with Crippen LogP contribution in [0.4, 0.5) is 11.6 Å². The molecule has 0 aliphatic carbocycles. The normalized spacial score (nSPS) is 12.1. The lowest BCUT2D eigenvalue weighted by Gasteiger charge is -2.18. The van der Waals surface area contributed by atoms with E-state index in [9.17, 15) is 4.79 Å². The Bertz CT molecular complexity index is 1420. The highest BCUT2D eigenvalue weighted by molar-refractivity contribution is 5.76. The predicted molar refractivity (Wildman–Crippen MR) is 126 cm³/mol. The molecule has 0 spiro atoms. The zero-order valence-corrected chi connectivity index (χ0v) is 17.8. The Kier molecular flexibility index (Phi) is 4.99. The van der Waals surface area contributed by atoms with Crippen LogP contribution in [0, 0.1) is 6.92 Å². The largest absolute Gasteiger partial charge is 0.324 e. The third-order valence-corrected chi connectivity index (χ3v) is 5.51. The molecular weight excluding hydrogens is 400 g/mol. The maximum atomic E-state index is 12.8. The van der Waals surface area contributed by atoms with Gasteiger partial charge in [0.1, 0.15) is 5.65 Å². The van der Waals surface area contributed by atoms with Crippen molar-refractivity contribution in [3.8, 4) is 5.69 Å². The molecule has 7 nitrogen and oxygen atoms in total. The first-order valence-electron chi connectivity index (χ1n) is 10.4. The van der Waals surface area contributed by atoms with Gasteiger partial charge in [-0.3, -0.25) is 9.36 Å². The molecule has 0 bridgehead atoms. The SMILES string of the molecule is Cc1ccc(C(C)n2c(=O)ccc3cnc(Nc4ccc(-n5cccn5)cc4)nc32)cc1. The van der Waals surface area contributed by atoms with E-state index in [-0.39, 0.29) is 11.6 Å². The summed E-state index contributed by atoms with van der Waals surface area (Å²) in [6.45, 7) is 4.06. The van der Waals surface area contributed by atoms with E-state index in [4.69, 9.17) is 4.98 Å². The first kappa shape index (κ1) is 19.7. The van der Waals surface area contributed by atoms with Gasteiger partial charge in [0, 0.05) is 35.7 Å². The Labute approximate surface area is 185 Å². The fourth-order valence-corrected chi connectivity index (χ4v) is 3.72. The van der Waals surface area contributed by atoms with Crippen LogP contribution < -0.4 is 10.9 Å². The highest BCUT2D eigenvalue weighted by Crippen LogP contribution is 2.22. The molecule has 32 heavy (non-hydrogen) atoms. The average molecular weight is 422 g/mol. The highest BCUT2D eigenvalue weighted by atomic mass is 16.1. The third kappa shape index (κ3) is 3.76. The first-order valence-corrected chi connectivity index (χ1v) is 10.4. The number of rotatable bonds is 5. The third-order valence-electron chi connectivity index (χ3n) is 5.51. The quantitative estimate of drug-likeness (QED) is 0.447. The Morgan fingerprint density at radius 2 is 1.75 bits per heavy atom. The van der Waals surface area contributed by atoms with E-state index < -0.39 is 0 Å². The van der Waals surface area contributed by atoms with Crippen LogP contribution in [0.1, 0.15) is 24.1 Å². The van der Waals surface area contributed by atoms with Crippen molar-refractivity contribution >= 4 is 22.7 Å². The van der Waals surface area contributed by atoms with Crippen LogP contribution in [0.2, 0.25) is 0 Å². The summed E-state index contributed by atoms with van der Waals surface area (Å²) in [7, 11) is 0. The zero-order valence-electron chi connectivity index (χ0n) is 17.8. The lowest BCUT2D eigenvalue weighted by Crippen LogP contribution is -2.24. The fraction of sp³-hybridized carbons (Fsp3) is 0.120. The van der Waals surface area contributed by atoms with Crippen molar-refractivity contribution in [3.05, 3.63) is 107 Å². The van der Waals surface area contributed by atoms with Crippen molar-refractivity contribution in [3.63, 3.8) is 0 Å². The Morgan fingerprint density at radius 3 is 2.47 bits per heavy atom. The second kappa shape index (κ2) is 8.11. The molecule has 5 rings (SSSR count). The average Bonchev–Trinajstić information content (AvgIpc) is 3.35. The van der Waals surface area contributed by atoms with Crippen LogP contribution in [0.5, 0.6) is 0 Å². The van der Waals surface area contributed by atoms with Crippen LogP contribution in [0.3, 0.4) is 0 Å². The summed E-state index contributed by atoms with van der Waals surface area (Å²) < 4.78 is 3.51. The second-order valence-corrected chi connectivity index (χ2v) is 7.72. The maximum Gasteiger partial charge on any atom is 0.252 e. The van der Waals surface area contributed by atoms with Gasteiger partial charge in [-0.1, -0.05) is 29.8 Å². The van der Waals surface area contributed by atoms with Gasteiger partial charge in [0.2, 0.25) is 5.95 Å². The lowest BCUT2D eigenvalue weighted by atomic mass is 10.1. The number of hydrogen-bond acceptors (Lipinski definition) is 5. The molecule has 1 N–H and O–H groups in total. The van der Waals surface area contributed by atoms with E-state index in [1.165, 1.54) is 5.56 Å². The van der Waals surface area contributed by atoms with Crippen LogP contribution in [-0.2, 0) is 0 Å². The number of nitrogens with zero attached hydrogens (tertiary/aromatic N) is 5. The first-order chi connectivity index (χ1) is 15.6. The predicted octanol–water partition coefficient (Wildman–Crippen LogP) is 4.64. The van der Waals surface area contributed by atoms with Crippen LogP contribution >= 0.6 is 0 Å². The molecule has 5 aromatic rings. The maximum absolute atomic E-state index is 12.8. The van der Waals surface area contributed by atoms with Gasteiger partial charge in [-0.25, -0.2) is 9.67 Å². The monoisotopic (exact) mass is 422 g/mol. The fourth-order valence-electron chi connectivity index (χ4n) is 3.72. The number of pyridine rings is 1. The van der Waals surface area contributed by atoms with Crippen LogP contribution in [0.25, 0.3) is 16.7 Å². The molecule has 3 aromatic heterocycles. The van der Waals surface area contributed by atoms with Gasteiger partial charge in [-0.15, -0.1) is 0 Å². The molecule has 7 heteroatoms. The molecule has 0 radical (unpaired) electrons. The van der Waals surface area contributed by atoms with Crippen LogP contribution in [0.15, 0.2) is 90.1 Å². The number of benzene rings is 2. The molecule has 0 fully saturated rings. The minimum atomic E-state index is -0.164. The topological polar surface area (TPSA) is 77.6 Å². The number of anilines is 2. The minimum Gasteiger partial charge on any atom is -0.324 e. The summed E-state index contributed by atoms with van der Waals surface area (Å²) in [5.41, 5.74) is 4.53. The van der Waals surface area contributed by atoms with Crippen molar-refractivity contribution in [2.24, 2.45) is 0 Å². The minimum absolute atomic E-state index is 0.0983. The molecular formula is C25H22N6O. The van der Waals surface area contributed by atoms with Gasteiger partial charge in [-0.05, 0) is 55.8 Å². The smallest absolute Gasteiger partial charge is 0.252 e. The standard InChI is InChI=1S/C25H22N6O/c1-17-4-6-19(7-5-17)18(2)31-23(32)13-8-20-16-26-25(29-24(20)31)28-21-9-11-22(12-10-21)30-15-3-14-27-30/h3-16,18H,1-2H3,(H,26,28,29). The summed E-state index contributed by atoms with van der Waals surface area (Å²) in [6.07, 6.45) is 5.37. The van der Waals surface area contributed by atoms with E-state index in [0.29, 0.717) is 11.6 Å². The van der Waals surface area contributed by atoms with E-state index in [1.54, 1.807) is 33.8 Å². The van der Waals surface area contributed by atoms with Gasteiger partial charge in [0.25, 0.3) is 5.56 Å². The highest BCUT2D eigenvalue weighted by Gasteiger charge is 2.14. The Hall–Kier alpha value is -4.26. The summed E-state index contributed by atoms with van der Waals surface area (Å²) in [5, 5.41) is 8.28. The van der Waals surface area contributed by atoms with Gasteiger partial charge >= 0.3 is 0 Å². The van der Waals surface area contributed by atoms with Crippen molar-refractivity contribution < 1.29 is 0 Å². The summed E-state index contributed by atoms with van der Waals surface area (Å²) >= 11 is 0. The number of nitrogens with one attached hydrogen (secondary N) is 1. The molecule has 2 aromatic carbocycles. The Balaban J connectivity index is 1.50. The molecule has 0 aliphatic rings. The lowest BCUT2D eigenvalue weighted by molar-refractivity contribution is 0.632. The van der Waals surface area contributed by atoms with Gasteiger partial charge in [0.05, 0.1) is 11.7 Å². The van der Waals surface area contributed by atoms with Crippen molar-refractivity contribution in [1.29, 1.82) is 0 Å². The molecule has 3 heterocycles. The molecule has 158 valence electrons. The van der Waals surface area contributed by atoms with Crippen molar-refractivity contribution in [2.45, 2.75) is 19.9 Å². The summed E-state index contributed by atoms with van der Waals surface area (Å²) in [5.74, 6) is 0.430. The van der Waals surface area contributed by atoms with Crippen molar-refractivity contribution in [2.75, 3.05) is 5.32 Å². The number of hydrogen-bond donors (Lipinski definition) is 1. The zero-order chi connectivity index (χ0) is 22.1. The number of fused-ring (bicyclic) bond motifs is 1. The number of aryl methyl sites for hydroxylation is 1. The van der Waals surface area contributed by atoms with E-state index >= 15 is 0 Å². The van der Waals surface area contributed by atoms with E-state index in [0.717, 1.165) is 22.3 Å². The molecule has 1 atom stereocenters. The van der Waals surface area contributed by atoms with E-state index in [1.807, 2.05) is 62.5 Å². The van der Waals surface area contributed by atoms with Crippen LogP contribution in [-0.4, -0.2) is 24.3 Å². The molecule has 0 saturated carbocycles. The number of aromatic nitrogens is 5. The molecule has 0 aliphatic heterocycles. The van der Waals surface area contributed by atoms with Gasteiger partial charge < -0.3 is 5.32 Å². The van der Waals surface area contributed by atoms with Gasteiger partial charge in [0.15, 0.2) is 0 Å². The summed E-state index contributed by atoms with van der Waals surface area (Å²) in [4.78, 5) is 21.9. The van der Waals surface area contributed by atoms with E-state index in [2.05, 4.69) is 27.5 Å². The Morgan fingerprint density at radius 1 is 0.969 bits per heavy atom. The molecule has 0 saturated heterocycles.